The van der Waals surface area contributed by atoms with E-state index >= 15 is 0 Å². The molecule has 4 rings (SSSR count). The van der Waals surface area contributed by atoms with Crippen LogP contribution in [-0.4, -0.2) is 41.0 Å². The fourth-order valence-electron chi connectivity index (χ4n) is 4.01. The van der Waals surface area contributed by atoms with Crippen molar-refractivity contribution in [2.45, 2.75) is 31.2 Å². The van der Waals surface area contributed by atoms with Crippen LogP contribution >= 0.6 is 0 Å². The molecule has 0 radical (unpaired) electrons. The highest BCUT2D eigenvalue weighted by molar-refractivity contribution is 5.87. The van der Waals surface area contributed by atoms with Gasteiger partial charge in [0.1, 0.15) is 12.4 Å². The van der Waals surface area contributed by atoms with Crippen LogP contribution in [0, 0.1) is 11.3 Å². The first-order chi connectivity index (χ1) is 11.3. The number of para-hydroxylation sites is 1. The molecule has 2 aliphatic carbocycles. The zero-order valence-electron chi connectivity index (χ0n) is 12.9. The number of hydrogen-bond donors (Lipinski definition) is 1. The molecule has 5 nitrogen and oxygen atoms in total. The van der Waals surface area contributed by atoms with Gasteiger partial charge in [-0.1, -0.05) is 18.2 Å². The van der Waals surface area contributed by atoms with Gasteiger partial charge >= 0.3 is 5.97 Å². The topological polar surface area (TPSA) is 66.8 Å². The first-order valence-corrected chi connectivity index (χ1v) is 7.97. The molecule has 7 heteroatoms. The summed E-state index contributed by atoms with van der Waals surface area (Å²) in [5.41, 5.74) is -0.589. The van der Waals surface area contributed by atoms with Crippen molar-refractivity contribution in [3.63, 3.8) is 0 Å². The summed E-state index contributed by atoms with van der Waals surface area (Å²) in [5, 5.41) is 9.63. The fourth-order valence-corrected chi connectivity index (χ4v) is 4.01. The molecule has 0 saturated heterocycles. The lowest BCUT2D eigenvalue weighted by Gasteiger charge is -2.39. The lowest BCUT2D eigenvalue weighted by Crippen LogP contribution is -2.47. The molecule has 1 aliphatic heterocycles. The minimum Gasteiger partial charge on any atom is -0.491 e. The second kappa shape index (κ2) is 4.91. The zero-order valence-corrected chi connectivity index (χ0v) is 12.9. The Hall–Kier alpha value is -2.18. The van der Waals surface area contributed by atoms with Crippen molar-refractivity contribution < 1.29 is 28.2 Å². The minimum absolute atomic E-state index is 0.129. The van der Waals surface area contributed by atoms with Crippen LogP contribution in [0.3, 0.4) is 0 Å². The molecule has 1 spiro atoms. The van der Waals surface area contributed by atoms with Crippen LogP contribution in [0.1, 0.15) is 30.9 Å². The Kier molecular flexibility index (Phi) is 3.14. The van der Waals surface area contributed by atoms with Gasteiger partial charge in [0.05, 0.1) is 6.54 Å². The van der Waals surface area contributed by atoms with E-state index in [0.717, 1.165) is 0 Å². The van der Waals surface area contributed by atoms with E-state index in [2.05, 4.69) is 0 Å². The molecule has 2 saturated carbocycles. The molecule has 1 heterocycles. The lowest BCUT2D eigenvalue weighted by molar-refractivity contribution is -0.156. The fraction of sp³-hybridized carbons (Fsp3) is 0.529. The van der Waals surface area contributed by atoms with Crippen molar-refractivity contribution in [1.82, 2.24) is 4.90 Å². The quantitative estimate of drug-likeness (QED) is 0.900. The summed E-state index contributed by atoms with van der Waals surface area (Å²) in [7, 11) is 0. The highest BCUT2D eigenvalue weighted by atomic mass is 19.3. The van der Waals surface area contributed by atoms with Crippen molar-refractivity contribution >= 4 is 11.9 Å². The number of halogens is 2. The molecule has 1 aromatic carbocycles. The minimum atomic E-state index is -2.66. The largest absolute Gasteiger partial charge is 0.491 e. The van der Waals surface area contributed by atoms with Crippen LogP contribution < -0.4 is 4.74 Å². The van der Waals surface area contributed by atoms with E-state index in [1.807, 2.05) is 0 Å². The van der Waals surface area contributed by atoms with Crippen LogP contribution in [0.4, 0.5) is 8.78 Å². The molecule has 128 valence electrons. The van der Waals surface area contributed by atoms with E-state index in [0.29, 0.717) is 11.3 Å². The maximum atomic E-state index is 13.3. The number of ether oxygens (including phenoxy) is 1. The Morgan fingerprint density at radius 3 is 2.54 bits per heavy atom. The normalized spacial score (nSPS) is 33.0. The Morgan fingerprint density at radius 1 is 1.25 bits per heavy atom. The smallest absolute Gasteiger partial charge is 0.331 e. The maximum Gasteiger partial charge on any atom is 0.331 e. The average molecular weight is 337 g/mol. The number of aliphatic carboxylic acids is 1. The van der Waals surface area contributed by atoms with Crippen molar-refractivity contribution in [3.05, 3.63) is 29.8 Å². The molecule has 1 unspecified atom stereocenters. The van der Waals surface area contributed by atoms with Crippen LogP contribution in [0.2, 0.25) is 0 Å². The molecule has 1 amide bonds. The first kappa shape index (κ1) is 15.4. The second-order valence-corrected chi connectivity index (χ2v) is 6.93. The molecular weight excluding hydrogens is 320 g/mol. The molecule has 24 heavy (non-hydrogen) atoms. The van der Waals surface area contributed by atoms with Gasteiger partial charge in [0.2, 0.25) is 5.91 Å². The van der Waals surface area contributed by atoms with Gasteiger partial charge in [-0.05, 0) is 18.9 Å². The van der Waals surface area contributed by atoms with Gasteiger partial charge in [-0.15, -0.1) is 0 Å². The number of carbonyl (C=O) groups excluding carboxylic acids is 1. The summed E-state index contributed by atoms with van der Waals surface area (Å²) >= 11 is 0. The number of fused-ring (bicyclic) bond motifs is 1. The molecule has 1 atom stereocenters. The first-order valence-electron chi connectivity index (χ1n) is 7.97. The summed E-state index contributed by atoms with van der Waals surface area (Å²) in [4.78, 5) is 25.8. The molecule has 0 aromatic heterocycles. The summed E-state index contributed by atoms with van der Waals surface area (Å²) in [6.07, 6.45) is 0.131. The van der Waals surface area contributed by atoms with Crippen LogP contribution in [-0.2, 0) is 9.59 Å². The monoisotopic (exact) mass is 337 g/mol. The van der Waals surface area contributed by atoms with E-state index in [4.69, 9.17) is 4.74 Å². The number of amides is 1. The summed E-state index contributed by atoms with van der Waals surface area (Å²) in [6, 6.07) is 5.57. The second-order valence-electron chi connectivity index (χ2n) is 6.93. The highest BCUT2D eigenvalue weighted by Gasteiger charge is 2.76. The van der Waals surface area contributed by atoms with Crippen LogP contribution in [0.5, 0.6) is 5.75 Å². The Labute approximate surface area is 137 Å². The molecule has 0 bridgehead atoms. The van der Waals surface area contributed by atoms with Gasteiger partial charge < -0.3 is 14.7 Å². The summed E-state index contributed by atoms with van der Waals surface area (Å²) in [6.45, 7) is 0.310. The zero-order chi connectivity index (χ0) is 17.1. The van der Waals surface area contributed by atoms with Crippen molar-refractivity contribution in [2.24, 2.45) is 11.3 Å². The van der Waals surface area contributed by atoms with Crippen molar-refractivity contribution in [3.8, 4) is 5.75 Å². The number of hydrogen-bond acceptors (Lipinski definition) is 3. The molecule has 2 fully saturated rings. The van der Waals surface area contributed by atoms with Gasteiger partial charge in [0.25, 0.3) is 5.92 Å². The maximum absolute atomic E-state index is 13.3. The standard InChI is InChI=1S/C17H17F2NO4/c18-17(19)9-16(17)7-10(8-16)14(21)20-5-6-24-12-4-2-1-3-11(12)13(20)15(22)23/h1-4,10,13H,5-9H2,(H,22,23). The number of carbonyl (C=O) groups is 2. The third-order valence-electron chi connectivity index (χ3n) is 5.47. The van der Waals surface area contributed by atoms with E-state index in [-0.39, 0.29) is 38.3 Å². The number of alkyl halides is 2. The number of carboxylic acids is 1. The van der Waals surface area contributed by atoms with Crippen molar-refractivity contribution in [1.29, 1.82) is 0 Å². The number of benzene rings is 1. The van der Waals surface area contributed by atoms with Gasteiger partial charge in [-0.3, -0.25) is 4.79 Å². The molecular formula is C17H17F2NO4. The van der Waals surface area contributed by atoms with Crippen LogP contribution in [0.15, 0.2) is 24.3 Å². The van der Waals surface area contributed by atoms with Crippen LogP contribution in [0.25, 0.3) is 0 Å². The summed E-state index contributed by atoms with van der Waals surface area (Å²) < 4.78 is 32.2. The van der Waals surface area contributed by atoms with Gasteiger partial charge in [-0.2, -0.15) is 0 Å². The molecule has 1 N–H and O–H groups in total. The van der Waals surface area contributed by atoms with Gasteiger partial charge in [0, 0.05) is 23.3 Å². The number of nitrogens with zero attached hydrogens (tertiary/aromatic N) is 1. The third-order valence-corrected chi connectivity index (χ3v) is 5.47. The average Bonchev–Trinajstić information content (AvgIpc) is 3.13. The van der Waals surface area contributed by atoms with Gasteiger partial charge in [0.15, 0.2) is 6.04 Å². The molecule has 3 aliphatic rings. The third kappa shape index (κ3) is 2.10. The van der Waals surface area contributed by atoms with Crippen molar-refractivity contribution in [2.75, 3.05) is 13.2 Å². The SMILES string of the molecule is O=C(O)C1c2ccccc2OCCN1C(=O)C1CC2(C1)CC2(F)F. The van der Waals surface area contributed by atoms with E-state index in [1.54, 1.807) is 24.3 Å². The van der Waals surface area contributed by atoms with Gasteiger partial charge in [-0.25, -0.2) is 13.6 Å². The molecule has 1 aromatic rings. The Balaban J connectivity index is 1.58. The summed E-state index contributed by atoms with van der Waals surface area (Å²) in [5.74, 6) is -4.25. The predicted molar refractivity (Wildman–Crippen MR) is 78.7 cm³/mol. The highest BCUT2D eigenvalue weighted by Crippen LogP contribution is 2.73. The van der Waals surface area contributed by atoms with E-state index < -0.39 is 29.3 Å². The predicted octanol–water partition coefficient (Wildman–Crippen LogP) is 2.47. The Bertz CT molecular complexity index is 714. The number of rotatable bonds is 2. The van der Waals surface area contributed by atoms with E-state index in [1.165, 1.54) is 4.90 Å². The number of carboxylic acid groups (broad SMARTS) is 1. The lowest BCUT2D eigenvalue weighted by atomic mass is 9.70. The Morgan fingerprint density at radius 2 is 1.92 bits per heavy atom. The van der Waals surface area contributed by atoms with E-state index in [9.17, 15) is 23.5 Å².